The first-order chi connectivity index (χ1) is 10.0. The van der Waals surface area contributed by atoms with Gasteiger partial charge in [-0.15, -0.1) is 0 Å². The molecule has 5 nitrogen and oxygen atoms in total. The lowest BCUT2D eigenvalue weighted by molar-refractivity contribution is -0.384. The maximum absolute atomic E-state index is 12.7. The molecule has 0 amide bonds. The van der Waals surface area contributed by atoms with Gasteiger partial charge in [0.15, 0.2) is 0 Å². The molecule has 6 heteroatoms. The zero-order chi connectivity index (χ0) is 15.2. The number of non-ortho nitro benzene ring substituents is 1. The largest absolute Gasteiger partial charge is 0.423 e. The number of esters is 1. The first-order valence-electron chi connectivity index (χ1n) is 5.94. The monoisotopic (exact) mass is 287 g/mol. The smallest absolute Gasteiger partial charge is 0.336 e. The molecule has 0 spiro atoms. The van der Waals surface area contributed by atoms with E-state index >= 15 is 0 Å². The molecule has 21 heavy (non-hydrogen) atoms. The number of nitrogens with zero attached hydrogens (tertiary/aromatic N) is 1. The molecule has 2 rings (SSSR count). The predicted molar refractivity (Wildman–Crippen MR) is 74.2 cm³/mol. The highest BCUT2D eigenvalue weighted by Gasteiger charge is 2.08. The van der Waals surface area contributed by atoms with Crippen LogP contribution < -0.4 is 4.74 Å². The van der Waals surface area contributed by atoms with Gasteiger partial charge in [-0.3, -0.25) is 10.1 Å². The highest BCUT2D eigenvalue weighted by atomic mass is 19.1. The number of hydrogen-bond acceptors (Lipinski definition) is 4. The second-order valence-corrected chi connectivity index (χ2v) is 4.06. The van der Waals surface area contributed by atoms with Crippen LogP contribution in [0.2, 0.25) is 0 Å². The first kappa shape index (κ1) is 14.4. The van der Waals surface area contributed by atoms with Crippen LogP contribution in [0.25, 0.3) is 6.08 Å². The van der Waals surface area contributed by atoms with Gasteiger partial charge in [0.25, 0.3) is 5.69 Å². The van der Waals surface area contributed by atoms with Gasteiger partial charge < -0.3 is 4.74 Å². The van der Waals surface area contributed by atoms with Crippen molar-refractivity contribution in [2.75, 3.05) is 0 Å². The maximum Gasteiger partial charge on any atom is 0.336 e. The average Bonchev–Trinajstić information content (AvgIpc) is 2.47. The van der Waals surface area contributed by atoms with Gasteiger partial charge in [0, 0.05) is 12.1 Å². The molecule has 106 valence electrons. The molecule has 0 aromatic heterocycles. The van der Waals surface area contributed by atoms with Gasteiger partial charge in [-0.05, 0) is 29.8 Å². The number of carbonyl (C=O) groups excluding carboxylic acids is 1. The normalized spacial score (nSPS) is 10.5. The van der Waals surface area contributed by atoms with Crippen molar-refractivity contribution in [2.45, 2.75) is 0 Å². The summed E-state index contributed by atoms with van der Waals surface area (Å²) in [7, 11) is 0. The third-order valence-electron chi connectivity index (χ3n) is 2.53. The van der Waals surface area contributed by atoms with Gasteiger partial charge in [-0.2, -0.15) is 0 Å². The topological polar surface area (TPSA) is 69.4 Å². The molecule has 0 atom stereocenters. The van der Waals surface area contributed by atoms with Crippen molar-refractivity contribution in [1.82, 2.24) is 0 Å². The highest BCUT2D eigenvalue weighted by Crippen LogP contribution is 2.19. The van der Waals surface area contributed by atoms with Gasteiger partial charge in [0.1, 0.15) is 11.6 Å². The lowest BCUT2D eigenvalue weighted by atomic mass is 10.2. The number of rotatable bonds is 4. The lowest BCUT2D eigenvalue weighted by Gasteiger charge is -2.00. The zero-order valence-electron chi connectivity index (χ0n) is 10.7. The summed E-state index contributed by atoms with van der Waals surface area (Å²) in [6.45, 7) is 0. The Kier molecular flexibility index (Phi) is 4.40. The van der Waals surface area contributed by atoms with Gasteiger partial charge in [0.05, 0.1) is 11.0 Å². The second kappa shape index (κ2) is 6.42. The summed E-state index contributed by atoms with van der Waals surface area (Å²) in [5.41, 5.74) is 0.468. The molecule has 0 unspecified atom stereocenters. The van der Waals surface area contributed by atoms with Crippen LogP contribution in [0.4, 0.5) is 10.1 Å². The summed E-state index contributed by atoms with van der Waals surface area (Å²) in [6, 6.07) is 10.9. The van der Waals surface area contributed by atoms with E-state index in [1.54, 1.807) is 0 Å². The van der Waals surface area contributed by atoms with E-state index in [1.165, 1.54) is 48.5 Å². The number of carbonyl (C=O) groups is 1. The Labute approximate surface area is 119 Å². The molecule has 2 aromatic carbocycles. The van der Waals surface area contributed by atoms with E-state index in [0.717, 1.165) is 12.1 Å². The van der Waals surface area contributed by atoms with E-state index in [-0.39, 0.29) is 17.3 Å². The Hall–Kier alpha value is -3.02. The number of nitro benzene ring substituents is 1. The highest BCUT2D eigenvalue weighted by molar-refractivity contribution is 5.88. The van der Waals surface area contributed by atoms with E-state index < -0.39 is 10.9 Å². The van der Waals surface area contributed by atoms with Crippen LogP contribution in [-0.2, 0) is 4.79 Å². The summed E-state index contributed by atoms with van der Waals surface area (Å²) < 4.78 is 17.7. The van der Waals surface area contributed by atoms with Crippen molar-refractivity contribution in [3.63, 3.8) is 0 Å². The third-order valence-corrected chi connectivity index (χ3v) is 2.53. The van der Waals surface area contributed by atoms with E-state index in [9.17, 15) is 19.3 Å². The Balaban J connectivity index is 2.03. The molecule has 0 bridgehead atoms. The second-order valence-electron chi connectivity index (χ2n) is 4.06. The SMILES string of the molecule is O=C(/C=C/c1ccc(F)cc1)Oc1cccc([N+](=O)[O-])c1. The lowest BCUT2D eigenvalue weighted by Crippen LogP contribution is -2.03. The Morgan fingerprint density at radius 3 is 2.57 bits per heavy atom. The molecule has 0 saturated heterocycles. The molecule has 0 aliphatic heterocycles. The molecule has 0 aliphatic rings. The zero-order valence-corrected chi connectivity index (χ0v) is 10.7. The van der Waals surface area contributed by atoms with Crippen molar-refractivity contribution in [3.05, 3.63) is 76.1 Å². The molecule has 0 radical (unpaired) electrons. The Morgan fingerprint density at radius 1 is 1.19 bits per heavy atom. The van der Waals surface area contributed by atoms with Crippen molar-refractivity contribution < 1.29 is 18.8 Å². The summed E-state index contributed by atoms with van der Waals surface area (Å²) in [6.07, 6.45) is 2.62. The van der Waals surface area contributed by atoms with Crippen LogP contribution in [-0.4, -0.2) is 10.9 Å². The van der Waals surface area contributed by atoms with Crippen LogP contribution in [0, 0.1) is 15.9 Å². The number of nitro groups is 1. The fourth-order valence-corrected chi connectivity index (χ4v) is 1.55. The van der Waals surface area contributed by atoms with E-state index in [0.29, 0.717) is 5.56 Å². The summed E-state index contributed by atoms with van der Waals surface area (Å²) in [5.74, 6) is -0.968. The average molecular weight is 287 g/mol. The molecule has 0 N–H and O–H groups in total. The van der Waals surface area contributed by atoms with Crippen molar-refractivity contribution in [2.24, 2.45) is 0 Å². The summed E-state index contributed by atoms with van der Waals surface area (Å²) in [5, 5.41) is 10.6. The van der Waals surface area contributed by atoms with Crippen LogP contribution in [0.5, 0.6) is 5.75 Å². The molecule has 0 heterocycles. The van der Waals surface area contributed by atoms with Gasteiger partial charge in [-0.25, -0.2) is 9.18 Å². The van der Waals surface area contributed by atoms with Crippen molar-refractivity contribution in [1.29, 1.82) is 0 Å². The molecule has 2 aromatic rings. The van der Waals surface area contributed by atoms with E-state index in [1.807, 2.05) is 0 Å². The van der Waals surface area contributed by atoms with Crippen LogP contribution in [0.1, 0.15) is 5.56 Å². The van der Waals surface area contributed by atoms with Crippen LogP contribution in [0.3, 0.4) is 0 Å². The van der Waals surface area contributed by atoms with Gasteiger partial charge in [-0.1, -0.05) is 18.2 Å². The Bertz CT molecular complexity index is 695. The molecular formula is C15H10FNO4. The van der Waals surface area contributed by atoms with Crippen molar-refractivity contribution in [3.8, 4) is 5.75 Å². The quantitative estimate of drug-likeness (QED) is 0.284. The van der Waals surface area contributed by atoms with Crippen molar-refractivity contribution >= 4 is 17.7 Å². The predicted octanol–water partition coefficient (Wildman–Crippen LogP) is 3.35. The minimum Gasteiger partial charge on any atom is -0.423 e. The van der Waals surface area contributed by atoms with Crippen LogP contribution >= 0.6 is 0 Å². The Morgan fingerprint density at radius 2 is 1.90 bits per heavy atom. The summed E-state index contributed by atoms with van der Waals surface area (Å²) in [4.78, 5) is 21.6. The minimum atomic E-state index is -0.681. The molecule has 0 aliphatic carbocycles. The number of benzene rings is 2. The number of halogens is 1. The first-order valence-corrected chi connectivity index (χ1v) is 5.94. The summed E-state index contributed by atoms with van der Waals surface area (Å²) >= 11 is 0. The fourth-order valence-electron chi connectivity index (χ4n) is 1.55. The molecule has 0 saturated carbocycles. The van der Waals surface area contributed by atoms with Gasteiger partial charge in [0.2, 0.25) is 0 Å². The fraction of sp³-hybridized carbons (Fsp3) is 0. The van der Waals surface area contributed by atoms with E-state index in [2.05, 4.69) is 0 Å². The number of hydrogen-bond donors (Lipinski definition) is 0. The maximum atomic E-state index is 12.7. The van der Waals surface area contributed by atoms with E-state index in [4.69, 9.17) is 4.74 Å². The van der Waals surface area contributed by atoms with Gasteiger partial charge >= 0.3 is 5.97 Å². The number of ether oxygens (including phenoxy) is 1. The minimum absolute atomic E-state index is 0.0814. The molecular weight excluding hydrogens is 277 g/mol. The standard InChI is InChI=1S/C15H10FNO4/c16-12-7-4-11(5-8-12)6-9-15(18)21-14-3-1-2-13(10-14)17(19)20/h1-10H/b9-6+. The molecule has 0 fully saturated rings. The third kappa shape index (κ3) is 4.24. The van der Waals surface area contributed by atoms with Crippen LogP contribution in [0.15, 0.2) is 54.6 Å².